The van der Waals surface area contributed by atoms with Crippen LogP contribution in [-0.4, -0.2) is 11.9 Å². The first kappa shape index (κ1) is 15.8. The molecule has 1 atom stereocenters. The lowest BCUT2D eigenvalue weighted by molar-refractivity contribution is 0.0942. The molecule has 1 aromatic heterocycles. The molecule has 1 heterocycles. The fraction of sp³-hybridized carbons (Fsp3) is 0.471. The summed E-state index contributed by atoms with van der Waals surface area (Å²) in [6.45, 7) is 8.47. The monoisotopic (exact) mass is 304 g/mol. The van der Waals surface area contributed by atoms with Crippen molar-refractivity contribution in [2.24, 2.45) is 5.92 Å². The quantitative estimate of drug-likeness (QED) is 0.863. The Morgan fingerprint density at radius 2 is 2.00 bits per heavy atom. The topological polar surface area (TPSA) is 55.1 Å². The van der Waals surface area contributed by atoms with Crippen molar-refractivity contribution in [1.29, 1.82) is 0 Å². The van der Waals surface area contributed by atoms with Crippen molar-refractivity contribution < 1.29 is 4.79 Å². The predicted molar refractivity (Wildman–Crippen MR) is 92.0 cm³/mol. The van der Waals surface area contributed by atoms with Gasteiger partial charge in [-0.15, -0.1) is 11.3 Å². The van der Waals surface area contributed by atoms with Crippen LogP contribution < -0.4 is 11.1 Å². The van der Waals surface area contributed by atoms with Crippen LogP contribution in [0.4, 0.5) is 5.69 Å². The van der Waals surface area contributed by atoms with Crippen LogP contribution in [0.2, 0.25) is 0 Å². The number of carbonyl (C=O) groups is 1. The van der Waals surface area contributed by atoms with Crippen molar-refractivity contribution in [3.8, 4) is 0 Å². The average molecular weight is 304 g/mol. The molecule has 0 saturated carbocycles. The number of aryl methyl sites for hydroxylation is 1. The summed E-state index contributed by atoms with van der Waals surface area (Å²) in [4.78, 5) is 13.0. The van der Waals surface area contributed by atoms with Crippen LogP contribution in [0, 0.1) is 12.8 Å². The molecule has 114 valence electrons. The van der Waals surface area contributed by atoms with Gasteiger partial charge < -0.3 is 11.1 Å². The highest BCUT2D eigenvalue weighted by atomic mass is 32.1. The summed E-state index contributed by atoms with van der Waals surface area (Å²) in [5.41, 5.74) is 7.92. The lowest BCUT2D eigenvalue weighted by atomic mass is 10.0. The Hall–Kier alpha value is -1.55. The van der Waals surface area contributed by atoms with Crippen molar-refractivity contribution in [1.82, 2.24) is 5.32 Å². The van der Waals surface area contributed by atoms with Gasteiger partial charge in [0.15, 0.2) is 0 Å². The third-order valence-corrected chi connectivity index (χ3v) is 4.83. The van der Waals surface area contributed by atoms with E-state index in [1.165, 1.54) is 11.3 Å². The molecule has 2 aromatic rings. The summed E-state index contributed by atoms with van der Waals surface area (Å²) in [6.07, 6.45) is 2.11. The highest BCUT2D eigenvalue weighted by Gasteiger charge is 2.18. The molecule has 0 radical (unpaired) electrons. The van der Waals surface area contributed by atoms with E-state index in [1.807, 2.05) is 32.0 Å². The van der Waals surface area contributed by atoms with Crippen LogP contribution in [0.3, 0.4) is 0 Å². The van der Waals surface area contributed by atoms with Crippen molar-refractivity contribution in [3.63, 3.8) is 0 Å². The van der Waals surface area contributed by atoms with Crippen molar-refractivity contribution in [2.75, 3.05) is 5.73 Å². The maximum absolute atomic E-state index is 12.4. The Bertz CT molecular complexity index is 646. The van der Waals surface area contributed by atoms with E-state index in [-0.39, 0.29) is 11.9 Å². The number of benzene rings is 1. The molecule has 1 amide bonds. The summed E-state index contributed by atoms with van der Waals surface area (Å²) >= 11 is 1.47. The molecule has 21 heavy (non-hydrogen) atoms. The fourth-order valence-electron chi connectivity index (χ4n) is 2.34. The molecule has 4 heteroatoms. The van der Waals surface area contributed by atoms with E-state index in [0.29, 0.717) is 16.5 Å². The maximum Gasteiger partial charge on any atom is 0.263 e. The summed E-state index contributed by atoms with van der Waals surface area (Å²) in [7, 11) is 0. The molecule has 3 N–H and O–H groups in total. The molecule has 0 bridgehead atoms. The summed E-state index contributed by atoms with van der Waals surface area (Å²) in [5.74, 6) is 0.601. The number of nitrogens with one attached hydrogen (secondary N) is 1. The van der Waals surface area contributed by atoms with Crippen LogP contribution in [0.1, 0.15) is 48.8 Å². The summed E-state index contributed by atoms with van der Waals surface area (Å²) in [5, 5.41) is 4.05. The van der Waals surface area contributed by atoms with Gasteiger partial charge in [0.2, 0.25) is 0 Å². The number of hydrogen-bond acceptors (Lipinski definition) is 3. The van der Waals surface area contributed by atoms with Gasteiger partial charge in [-0.05, 0) is 44.7 Å². The zero-order valence-corrected chi connectivity index (χ0v) is 14.0. The maximum atomic E-state index is 12.4. The van der Waals surface area contributed by atoms with Gasteiger partial charge in [-0.2, -0.15) is 0 Å². The van der Waals surface area contributed by atoms with Gasteiger partial charge in [0.05, 0.1) is 5.69 Å². The molecule has 3 nitrogen and oxygen atoms in total. The Morgan fingerprint density at radius 3 is 2.67 bits per heavy atom. The second-order valence-electron chi connectivity index (χ2n) is 6.19. The normalized spacial score (nSPS) is 12.8. The van der Waals surface area contributed by atoms with Crippen LogP contribution in [0.5, 0.6) is 0 Å². The molecule has 0 aliphatic carbocycles. The number of carbonyl (C=O) groups excluding carboxylic acids is 1. The van der Waals surface area contributed by atoms with Gasteiger partial charge in [-0.3, -0.25) is 4.79 Å². The number of nitrogens with two attached hydrogens (primary N) is 1. The SMILES string of the molecule is Cc1ccc2sc(C(=O)NC(C)CCC(C)C)c(N)c2c1. The summed E-state index contributed by atoms with van der Waals surface area (Å²) in [6, 6.07) is 6.29. The van der Waals surface area contributed by atoms with E-state index in [4.69, 9.17) is 5.73 Å². The molecule has 1 aromatic carbocycles. The number of amides is 1. The molecular weight excluding hydrogens is 280 g/mol. The van der Waals surface area contributed by atoms with Crippen molar-refractivity contribution in [3.05, 3.63) is 28.6 Å². The van der Waals surface area contributed by atoms with Gasteiger partial charge in [0, 0.05) is 16.1 Å². The lowest BCUT2D eigenvalue weighted by Gasteiger charge is -2.14. The third-order valence-electron chi connectivity index (χ3n) is 3.64. The largest absolute Gasteiger partial charge is 0.397 e. The first-order valence-corrected chi connectivity index (χ1v) is 8.29. The highest BCUT2D eigenvalue weighted by molar-refractivity contribution is 7.21. The van der Waals surface area contributed by atoms with Gasteiger partial charge in [0.1, 0.15) is 4.88 Å². The lowest BCUT2D eigenvalue weighted by Crippen LogP contribution is -2.32. The highest BCUT2D eigenvalue weighted by Crippen LogP contribution is 2.34. The Balaban J connectivity index is 2.14. The smallest absolute Gasteiger partial charge is 0.263 e. The molecule has 1 unspecified atom stereocenters. The number of rotatable bonds is 5. The van der Waals surface area contributed by atoms with Gasteiger partial charge >= 0.3 is 0 Å². The minimum atomic E-state index is -0.0531. The van der Waals surface area contributed by atoms with Crippen molar-refractivity contribution in [2.45, 2.75) is 46.6 Å². The minimum absolute atomic E-state index is 0.0531. The van der Waals surface area contributed by atoms with Gasteiger partial charge in [0.25, 0.3) is 5.91 Å². The fourth-order valence-corrected chi connectivity index (χ4v) is 3.35. The van der Waals surface area contributed by atoms with E-state index in [0.717, 1.165) is 28.5 Å². The first-order valence-electron chi connectivity index (χ1n) is 7.48. The Kier molecular flexibility index (Phi) is 4.88. The predicted octanol–water partition coefficient (Wildman–Crippen LogP) is 4.35. The number of fused-ring (bicyclic) bond motifs is 1. The third kappa shape index (κ3) is 3.76. The van der Waals surface area contributed by atoms with E-state index >= 15 is 0 Å². The van der Waals surface area contributed by atoms with E-state index < -0.39 is 0 Å². The number of nitrogen functional groups attached to an aromatic ring is 1. The van der Waals surface area contributed by atoms with Crippen LogP contribution >= 0.6 is 11.3 Å². The molecule has 0 fully saturated rings. The van der Waals surface area contributed by atoms with Crippen LogP contribution in [0.25, 0.3) is 10.1 Å². The molecule has 2 rings (SSSR count). The second kappa shape index (κ2) is 6.48. The van der Waals surface area contributed by atoms with Crippen molar-refractivity contribution >= 4 is 33.0 Å². The molecular formula is C17H24N2OS. The van der Waals surface area contributed by atoms with E-state index in [1.54, 1.807) is 0 Å². The van der Waals surface area contributed by atoms with E-state index in [9.17, 15) is 4.79 Å². The number of hydrogen-bond donors (Lipinski definition) is 2. The molecule has 0 spiro atoms. The minimum Gasteiger partial charge on any atom is -0.397 e. The molecule has 0 aliphatic rings. The Labute approximate surface area is 130 Å². The Morgan fingerprint density at radius 1 is 1.29 bits per heavy atom. The van der Waals surface area contributed by atoms with Gasteiger partial charge in [-0.25, -0.2) is 0 Å². The zero-order chi connectivity index (χ0) is 15.6. The molecule has 0 aliphatic heterocycles. The zero-order valence-electron chi connectivity index (χ0n) is 13.2. The van der Waals surface area contributed by atoms with Crippen LogP contribution in [0.15, 0.2) is 18.2 Å². The van der Waals surface area contributed by atoms with Gasteiger partial charge in [-0.1, -0.05) is 25.5 Å². The van der Waals surface area contributed by atoms with Crippen LogP contribution in [-0.2, 0) is 0 Å². The second-order valence-corrected chi connectivity index (χ2v) is 7.24. The molecule has 0 saturated heterocycles. The summed E-state index contributed by atoms with van der Waals surface area (Å²) < 4.78 is 1.07. The number of anilines is 1. The standard InChI is InChI=1S/C17H24N2OS/c1-10(2)5-7-12(4)19-17(20)16-15(18)13-9-11(3)6-8-14(13)21-16/h6,8-10,12H,5,7,18H2,1-4H3,(H,19,20). The first-order chi connectivity index (χ1) is 9.88. The average Bonchev–Trinajstić information content (AvgIpc) is 2.74. The van der Waals surface area contributed by atoms with E-state index in [2.05, 4.69) is 19.2 Å². The number of thiophene rings is 1.